The SMILES string of the molecule is CC(C)(C(=O)Cc1ccc(Cl)c(Cl)c1)N1CCCC1. The van der Waals surface area contributed by atoms with E-state index in [1.807, 2.05) is 19.9 Å². The monoisotopic (exact) mass is 299 g/mol. The molecule has 1 aliphatic heterocycles. The second-order valence-corrected chi connectivity index (χ2v) is 6.42. The Morgan fingerprint density at radius 2 is 1.84 bits per heavy atom. The van der Waals surface area contributed by atoms with Gasteiger partial charge in [-0.1, -0.05) is 29.3 Å². The van der Waals surface area contributed by atoms with E-state index in [9.17, 15) is 4.79 Å². The van der Waals surface area contributed by atoms with Crippen LogP contribution in [0.2, 0.25) is 10.0 Å². The van der Waals surface area contributed by atoms with Gasteiger partial charge in [0.25, 0.3) is 0 Å². The van der Waals surface area contributed by atoms with Crippen LogP contribution in [-0.2, 0) is 11.2 Å². The zero-order chi connectivity index (χ0) is 14.0. The molecule has 2 rings (SSSR count). The highest BCUT2D eigenvalue weighted by molar-refractivity contribution is 6.42. The summed E-state index contributed by atoms with van der Waals surface area (Å²) in [6, 6.07) is 5.39. The van der Waals surface area contributed by atoms with Crippen LogP contribution in [0.15, 0.2) is 18.2 Å². The molecule has 0 aromatic heterocycles. The first kappa shape index (κ1) is 14.8. The van der Waals surface area contributed by atoms with Gasteiger partial charge in [0.2, 0.25) is 0 Å². The van der Waals surface area contributed by atoms with Gasteiger partial charge in [-0.2, -0.15) is 0 Å². The van der Waals surface area contributed by atoms with E-state index < -0.39 is 5.54 Å². The molecular weight excluding hydrogens is 281 g/mol. The minimum absolute atomic E-state index is 0.229. The number of hydrogen-bond acceptors (Lipinski definition) is 2. The molecule has 4 heteroatoms. The quantitative estimate of drug-likeness (QED) is 0.838. The summed E-state index contributed by atoms with van der Waals surface area (Å²) in [5.74, 6) is 0.229. The van der Waals surface area contributed by atoms with E-state index in [-0.39, 0.29) is 5.78 Å². The number of hydrogen-bond donors (Lipinski definition) is 0. The van der Waals surface area contributed by atoms with Crippen LogP contribution in [-0.4, -0.2) is 29.3 Å². The zero-order valence-electron chi connectivity index (χ0n) is 11.4. The van der Waals surface area contributed by atoms with Crippen molar-refractivity contribution in [1.82, 2.24) is 4.90 Å². The number of nitrogens with zero attached hydrogens (tertiary/aromatic N) is 1. The van der Waals surface area contributed by atoms with Crippen molar-refractivity contribution in [3.05, 3.63) is 33.8 Å². The number of carbonyl (C=O) groups excluding carboxylic acids is 1. The molecular formula is C15H19Cl2NO. The third-order valence-electron chi connectivity index (χ3n) is 3.93. The highest BCUT2D eigenvalue weighted by atomic mass is 35.5. The smallest absolute Gasteiger partial charge is 0.156 e. The number of rotatable bonds is 4. The maximum Gasteiger partial charge on any atom is 0.156 e. The number of carbonyl (C=O) groups is 1. The molecule has 2 nitrogen and oxygen atoms in total. The summed E-state index contributed by atoms with van der Waals surface area (Å²) in [6.07, 6.45) is 2.77. The zero-order valence-corrected chi connectivity index (χ0v) is 12.9. The summed E-state index contributed by atoms with van der Waals surface area (Å²) in [5.41, 5.74) is 0.523. The fourth-order valence-corrected chi connectivity index (χ4v) is 2.82. The van der Waals surface area contributed by atoms with E-state index in [4.69, 9.17) is 23.2 Å². The molecule has 0 aliphatic carbocycles. The molecule has 1 aromatic rings. The summed E-state index contributed by atoms with van der Waals surface area (Å²) in [4.78, 5) is 14.8. The Bertz CT molecular complexity index is 479. The Morgan fingerprint density at radius 1 is 1.21 bits per heavy atom. The second-order valence-electron chi connectivity index (χ2n) is 5.60. The van der Waals surface area contributed by atoms with E-state index in [1.165, 1.54) is 12.8 Å². The molecule has 104 valence electrons. The van der Waals surface area contributed by atoms with Crippen molar-refractivity contribution in [2.24, 2.45) is 0 Å². The molecule has 0 spiro atoms. The van der Waals surface area contributed by atoms with Crippen molar-refractivity contribution < 1.29 is 4.79 Å². The van der Waals surface area contributed by atoms with Crippen LogP contribution in [0, 0.1) is 0 Å². The highest BCUT2D eigenvalue weighted by Gasteiger charge is 2.35. The van der Waals surface area contributed by atoms with Crippen molar-refractivity contribution in [3.8, 4) is 0 Å². The minimum Gasteiger partial charge on any atom is -0.297 e. The summed E-state index contributed by atoms with van der Waals surface area (Å²) in [5, 5.41) is 1.03. The first-order chi connectivity index (χ1) is 8.91. The van der Waals surface area contributed by atoms with E-state index in [0.29, 0.717) is 16.5 Å². The summed E-state index contributed by atoms with van der Waals surface area (Å²) in [6.45, 7) is 6.05. The standard InChI is InChI=1S/C15H19Cl2NO/c1-15(2,18-7-3-4-8-18)14(19)10-11-5-6-12(16)13(17)9-11/h5-6,9H,3-4,7-8,10H2,1-2H3. The summed E-state index contributed by atoms with van der Waals surface area (Å²) >= 11 is 11.9. The highest BCUT2D eigenvalue weighted by Crippen LogP contribution is 2.26. The molecule has 0 atom stereocenters. The van der Waals surface area contributed by atoms with Crippen molar-refractivity contribution in [1.29, 1.82) is 0 Å². The van der Waals surface area contributed by atoms with Crippen LogP contribution in [0.3, 0.4) is 0 Å². The van der Waals surface area contributed by atoms with Crippen LogP contribution >= 0.6 is 23.2 Å². The molecule has 1 aliphatic rings. The lowest BCUT2D eigenvalue weighted by atomic mass is 9.92. The summed E-state index contributed by atoms with van der Waals surface area (Å²) < 4.78 is 0. The molecule has 1 aromatic carbocycles. The molecule has 1 fully saturated rings. The first-order valence-electron chi connectivity index (χ1n) is 6.63. The van der Waals surface area contributed by atoms with Gasteiger partial charge >= 0.3 is 0 Å². The molecule has 0 bridgehead atoms. The molecule has 0 N–H and O–H groups in total. The van der Waals surface area contributed by atoms with Gasteiger partial charge in [0.05, 0.1) is 15.6 Å². The maximum atomic E-state index is 12.5. The predicted molar refractivity (Wildman–Crippen MR) is 80.1 cm³/mol. The van der Waals surface area contributed by atoms with Crippen LogP contribution < -0.4 is 0 Å². The van der Waals surface area contributed by atoms with E-state index in [0.717, 1.165) is 18.7 Å². The Kier molecular flexibility index (Phi) is 4.54. The molecule has 0 amide bonds. The van der Waals surface area contributed by atoms with Gasteiger partial charge in [-0.05, 0) is 57.5 Å². The Hall–Kier alpha value is -0.570. The fourth-order valence-electron chi connectivity index (χ4n) is 2.50. The van der Waals surface area contributed by atoms with E-state index in [1.54, 1.807) is 12.1 Å². The number of halogens is 2. The summed E-state index contributed by atoms with van der Waals surface area (Å²) in [7, 11) is 0. The van der Waals surface area contributed by atoms with Gasteiger partial charge in [0, 0.05) is 6.42 Å². The lowest BCUT2D eigenvalue weighted by molar-refractivity contribution is -0.128. The Balaban J connectivity index is 2.09. The van der Waals surface area contributed by atoms with Crippen molar-refractivity contribution in [3.63, 3.8) is 0 Å². The van der Waals surface area contributed by atoms with Gasteiger partial charge < -0.3 is 0 Å². The normalized spacial score (nSPS) is 16.8. The number of likely N-dealkylation sites (tertiary alicyclic amines) is 1. The molecule has 0 unspecified atom stereocenters. The third kappa shape index (κ3) is 3.31. The van der Waals surface area contributed by atoms with Crippen LogP contribution in [0.1, 0.15) is 32.3 Å². The molecule has 0 radical (unpaired) electrons. The lowest BCUT2D eigenvalue weighted by Gasteiger charge is -2.34. The molecule has 0 saturated carbocycles. The lowest BCUT2D eigenvalue weighted by Crippen LogP contribution is -2.49. The maximum absolute atomic E-state index is 12.5. The average molecular weight is 300 g/mol. The Morgan fingerprint density at radius 3 is 2.42 bits per heavy atom. The predicted octanol–water partition coefficient (Wildman–Crippen LogP) is 3.98. The molecule has 19 heavy (non-hydrogen) atoms. The largest absolute Gasteiger partial charge is 0.297 e. The van der Waals surface area contributed by atoms with Crippen molar-refractivity contribution in [2.75, 3.05) is 13.1 Å². The average Bonchev–Trinajstić information content (AvgIpc) is 2.88. The van der Waals surface area contributed by atoms with Crippen LogP contribution in [0.25, 0.3) is 0 Å². The van der Waals surface area contributed by atoms with E-state index >= 15 is 0 Å². The second kappa shape index (κ2) is 5.82. The number of ketones is 1. The molecule has 1 heterocycles. The van der Waals surface area contributed by atoms with Gasteiger partial charge in [-0.3, -0.25) is 9.69 Å². The van der Waals surface area contributed by atoms with Crippen LogP contribution in [0.5, 0.6) is 0 Å². The number of Topliss-reactive ketones (excluding diaryl/α,β-unsaturated/α-hetero) is 1. The van der Waals surface area contributed by atoms with Gasteiger partial charge in [0.1, 0.15) is 0 Å². The topological polar surface area (TPSA) is 20.3 Å². The van der Waals surface area contributed by atoms with Gasteiger partial charge in [-0.25, -0.2) is 0 Å². The molecule has 1 saturated heterocycles. The first-order valence-corrected chi connectivity index (χ1v) is 7.39. The van der Waals surface area contributed by atoms with Gasteiger partial charge in [-0.15, -0.1) is 0 Å². The van der Waals surface area contributed by atoms with Crippen LogP contribution in [0.4, 0.5) is 0 Å². The third-order valence-corrected chi connectivity index (χ3v) is 4.67. The minimum atomic E-state index is -0.400. The van der Waals surface area contributed by atoms with E-state index in [2.05, 4.69) is 4.90 Å². The number of benzene rings is 1. The van der Waals surface area contributed by atoms with Gasteiger partial charge in [0.15, 0.2) is 5.78 Å². The Labute approximate surface area is 124 Å². The fraction of sp³-hybridized carbons (Fsp3) is 0.533. The van der Waals surface area contributed by atoms with Crippen molar-refractivity contribution >= 4 is 29.0 Å². The van der Waals surface area contributed by atoms with Crippen molar-refractivity contribution in [2.45, 2.75) is 38.6 Å².